The van der Waals surface area contributed by atoms with Gasteiger partial charge in [0.2, 0.25) is 5.91 Å². The Morgan fingerprint density at radius 1 is 1.13 bits per heavy atom. The SMILES string of the molecule is CN(C)C(=O)CC1CCOC2(CCN(C3CCOCC3)CC2)C1. The zero-order chi connectivity index (χ0) is 16.3. The van der Waals surface area contributed by atoms with Gasteiger partial charge in [-0.05, 0) is 44.4 Å². The van der Waals surface area contributed by atoms with E-state index < -0.39 is 0 Å². The van der Waals surface area contributed by atoms with Crippen molar-refractivity contribution in [3.63, 3.8) is 0 Å². The molecule has 1 amide bonds. The second-order valence-corrected chi connectivity index (χ2v) is 7.76. The summed E-state index contributed by atoms with van der Waals surface area (Å²) in [4.78, 5) is 16.4. The van der Waals surface area contributed by atoms with Gasteiger partial charge in [0.25, 0.3) is 0 Å². The first kappa shape index (κ1) is 17.2. The van der Waals surface area contributed by atoms with Gasteiger partial charge in [0.15, 0.2) is 0 Å². The van der Waals surface area contributed by atoms with E-state index in [1.807, 2.05) is 14.1 Å². The summed E-state index contributed by atoms with van der Waals surface area (Å²) >= 11 is 0. The first-order valence-electron chi connectivity index (χ1n) is 9.24. The Bertz CT molecular complexity index is 399. The number of ether oxygens (including phenoxy) is 2. The summed E-state index contributed by atoms with van der Waals surface area (Å²) < 4.78 is 11.7. The summed E-state index contributed by atoms with van der Waals surface area (Å²) in [5.74, 6) is 0.750. The maximum Gasteiger partial charge on any atom is 0.222 e. The number of piperidine rings is 1. The van der Waals surface area contributed by atoms with E-state index in [9.17, 15) is 4.79 Å². The molecule has 3 saturated heterocycles. The lowest BCUT2D eigenvalue weighted by atomic mass is 9.78. The summed E-state index contributed by atoms with van der Waals surface area (Å²) in [5, 5.41) is 0. The second kappa shape index (κ2) is 7.49. The van der Waals surface area contributed by atoms with Crippen molar-refractivity contribution in [2.24, 2.45) is 5.92 Å². The van der Waals surface area contributed by atoms with Gasteiger partial charge in [-0.1, -0.05) is 0 Å². The highest BCUT2D eigenvalue weighted by molar-refractivity contribution is 5.75. The predicted molar refractivity (Wildman–Crippen MR) is 89.4 cm³/mol. The lowest BCUT2D eigenvalue weighted by Gasteiger charge is -2.48. The van der Waals surface area contributed by atoms with Crippen LogP contribution in [0.2, 0.25) is 0 Å². The molecule has 3 heterocycles. The van der Waals surface area contributed by atoms with Crippen LogP contribution in [0.3, 0.4) is 0 Å². The average molecular weight is 324 g/mol. The van der Waals surface area contributed by atoms with Crippen LogP contribution >= 0.6 is 0 Å². The number of rotatable bonds is 3. The molecule has 132 valence electrons. The summed E-state index contributed by atoms with van der Waals surface area (Å²) in [5.41, 5.74) is 0.0389. The monoisotopic (exact) mass is 324 g/mol. The van der Waals surface area contributed by atoms with Crippen molar-refractivity contribution in [1.29, 1.82) is 0 Å². The summed E-state index contributed by atoms with van der Waals surface area (Å²) in [6.07, 6.45) is 7.37. The number of likely N-dealkylation sites (tertiary alicyclic amines) is 1. The van der Waals surface area contributed by atoms with Crippen LogP contribution in [-0.2, 0) is 14.3 Å². The number of carbonyl (C=O) groups excluding carboxylic acids is 1. The van der Waals surface area contributed by atoms with E-state index in [1.165, 1.54) is 12.8 Å². The Morgan fingerprint density at radius 2 is 1.83 bits per heavy atom. The summed E-state index contributed by atoms with van der Waals surface area (Å²) in [6, 6.07) is 0.704. The van der Waals surface area contributed by atoms with E-state index >= 15 is 0 Å². The van der Waals surface area contributed by atoms with Gasteiger partial charge in [0, 0.05) is 59.5 Å². The molecule has 0 N–H and O–H groups in total. The van der Waals surface area contributed by atoms with E-state index in [4.69, 9.17) is 9.47 Å². The number of nitrogens with zero attached hydrogens (tertiary/aromatic N) is 2. The number of amides is 1. The molecular formula is C18H32N2O3. The molecule has 3 aliphatic heterocycles. The molecule has 1 unspecified atom stereocenters. The van der Waals surface area contributed by atoms with Crippen molar-refractivity contribution >= 4 is 5.91 Å². The maximum absolute atomic E-state index is 12.0. The van der Waals surface area contributed by atoms with Gasteiger partial charge in [-0.25, -0.2) is 0 Å². The van der Waals surface area contributed by atoms with Crippen LogP contribution in [0, 0.1) is 5.92 Å². The predicted octanol–water partition coefficient (Wildman–Crippen LogP) is 1.90. The zero-order valence-electron chi connectivity index (χ0n) is 14.8. The Labute approximate surface area is 140 Å². The van der Waals surface area contributed by atoms with Gasteiger partial charge in [0.05, 0.1) is 5.60 Å². The third-order valence-corrected chi connectivity index (χ3v) is 5.97. The standard InChI is InChI=1S/C18H32N2O3/c1-19(2)17(21)13-15-3-12-23-18(14-15)6-8-20(9-7-18)16-4-10-22-11-5-16/h15-16H,3-14H2,1-2H3. The molecular weight excluding hydrogens is 292 g/mol. The molecule has 0 aromatic heterocycles. The molecule has 0 bridgehead atoms. The van der Waals surface area contributed by atoms with Crippen molar-refractivity contribution in [2.45, 2.75) is 56.6 Å². The molecule has 3 rings (SSSR count). The van der Waals surface area contributed by atoms with E-state index in [-0.39, 0.29) is 11.5 Å². The maximum atomic E-state index is 12.0. The van der Waals surface area contributed by atoms with Crippen molar-refractivity contribution in [2.75, 3.05) is 47.0 Å². The van der Waals surface area contributed by atoms with Crippen molar-refractivity contribution in [1.82, 2.24) is 9.80 Å². The topological polar surface area (TPSA) is 42.0 Å². The average Bonchev–Trinajstić information content (AvgIpc) is 2.56. The summed E-state index contributed by atoms with van der Waals surface area (Å²) in [6.45, 7) is 4.93. The fourth-order valence-electron chi connectivity index (χ4n) is 4.43. The normalized spacial score (nSPS) is 29.6. The number of hydrogen-bond acceptors (Lipinski definition) is 4. The quantitative estimate of drug-likeness (QED) is 0.795. The van der Waals surface area contributed by atoms with Crippen LogP contribution in [0.5, 0.6) is 0 Å². The molecule has 0 aromatic rings. The second-order valence-electron chi connectivity index (χ2n) is 7.76. The van der Waals surface area contributed by atoms with Crippen LogP contribution in [-0.4, -0.2) is 74.4 Å². The molecule has 0 aromatic carbocycles. The first-order valence-corrected chi connectivity index (χ1v) is 9.24. The van der Waals surface area contributed by atoms with Gasteiger partial charge in [-0.2, -0.15) is 0 Å². The highest BCUT2D eigenvalue weighted by atomic mass is 16.5. The van der Waals surface area contributed by atoms with E-state index in [0.29, 0.717) is 18.4 Å². The lowest BCUT2D eigenvalue weighted by Crippen LogP contribution is -2.52. The molecule has 1 atom stereocenters. The van der Waals surface area contributed by atoms with Crippen LogP contribution in [0.25, 0.3) is 0 Å². The fourth-order valence-corrected chi connectivity index (χ4v) is 4.43. The third kappa shape index (κ3) is 4.25. The van der Waals surface area contributed by atoms with Gasteiger partial charge in [-0.3, -0.25) is 9.69 Å². The van der Waals surface area contributed by atoms with Crippen molar-refractivity contribution in [3.05, 3.63) is 0 Å². The van der Waals surface area contributed by atoms with E-state index in [1.54, 1.807) is 4.90 Å². The van der Waals surface area contributed by atoms with Crippen molar-refractivity contribution < 1.29 is 14.3 Å². The van der Waals surface area contributed by atoms with E-state index in [0.717, 1.165) is 58.6 Å². The largest absolute Gasteiger partial charge is 0.381 e. The Morgan fingerprint density at radius 3 is 2.48 bits per heavy atom. The molecule has 0 saturated carbocycles. The van der Waals surface area contributed by atoms with Crippen molar-refractivity contribution in [3.8, 4) is 0 Å². The first-order chi connectivity index (χ1) is 11.1. The molecule has 3 aliphatic rings. The molecule has 0 aliphatic carbocycles. The smallest absolute Gasteiger partial charge is 0.222 e. The molecule has 0 radical (unpaired) electrons. The zero-order valence-corrected chi connectivity index (χ0v) is 14.8. The van der Waals surface area contributed by atoms with Gasteiger partial charge in [-0.15, -0.1) is 0 Å². The number of hydrogen-bond donors (Lipinski definition) is 0. The van der Waals surface area contributed by atoms with E-state index in [2.05, 4.69) is 4.90 Å². The third-order valence-electron chi connectivity index (χ3n) is 5.97. The molecule has 1 spiro atoms. The van der Waals surface area contributed by atoms with Crippen LogP contribution < -0.4 is 0 Å². The minimum atomic E-state index is 0.0389. The van der Waals surface area contributed by atoms with Gasteiger partial charge < -0.3 is 14.4 Å². The molecule has 5 nitrogen and oxygen atoms in total. The van der Waals surface area contributed by atoms with Crippen LogP contribution in [0.1, 0.15) is 44.9 Å². The Hall–Kier alpha value is -0.650. The Kier molecular flexibility index (Phi) is 5.60. The highest BCUT2D eigenvalue weighted by Crippen LogP contribution is 2.39. The molecule has 3 fully saturated rings. The fraction of sp³-hybridized carbons (Fsp3) is 0.944. The van der Waals surface area contributed by atoms with Crippen LogP contribution in [0.4, 0.5) is 0 Å². The lowest BCUT2D eigenvalue weighted by molar-refractivity contribution is -0.143. The van der Waals surface area contributed by atoms with Gasteiger partial charge in [0.1, 0.15) is 0 Å². The molecule has 5 heteroatoms. The Balaban J connectivity index is 1.51. The van der Waals surface area contributed by atoms with Gasteiger partial charge >= 0.3 is 0 Å². The summed E-state index contributed by atoms with van der Waals surface area (Å²) in [7, 11) is 3.70. The minimum Gasteiger partial charge on any atom is -0.381 e. The number of carbonyl (C=O) groups is 1. The minimum absolute atomic E-state index is 0.0389. The highest BCUT2D eigenvalue weighted by Gasteiger charge is 2.41. The van der Waals surface area contributed by atoms with Crippen LogP contribution in [0.15, 0.2) is 0 Å². The molecule has 23 heavy (non-hydrogen) atoms.